The van der Waals surface area contributed by atoms with E-state index < -0.39 is 39.4 Å². The molecule has 0 unspecified atom stereocenters. The highest BCUT2D eigenvalue weighted by molar-refractivity contribution is 5.94. The van der Waals surface area contributed by atoms with Crippen LogP contribution in [-0.4, -0.2) is 20.4 Å². The van der Waals surface area contributed by atoms with E-state index in [9.17, 15) is 25.2 Å². The fourth-order valence-electron chi connectivity index (χ4n) is 2.08. The smallest absolute Gasteiger partial charge is 0.208 e. The maximum Gasteiger partial charge on any atom is 0.208 e. The minimum atomic E-state index is -0.972. The van der Waals surface area contributed by atoms with Crippen LogP contribution in [0.25, 0.3) is 22.3 Å². The average molecular weight is 286 g/mol. The van der Waals surface area contributed by atoms with Gasteiger partial charge >= 0.3 is 0 Å². The quantitative estimate of drug-likeness (QED) is 0.403. The van der Waals surface area contributed by atoms with Crippen LogP contribution in [0.3, 0.4) is 0 Å². The largest absolute Gasteiger partial charge is 0.504 e. The van der Waals surface area contributed by atoms with Crippen molar-refractivity contribution in [3.8, 4) is 34.3 Å². The molecular weight excluding hydrogens is 276 g/mol. The van der Waals surface area contributed by atoms with Crippen LogP contribution in [0.5, 0.6) is 23.0 Å². The zero-order chi connectivity index (χ0) is 15.1. The van der Waals surface area contributed by atoms with Crippen LogP contribution >= 0.6 is 0 Å². The first-order chi connectivity index (χ1) is 10.0. The Morgan fingerprint density at radius 3 is 2.10 bits per heavy atom. The topological polar surface area (TPSA) is 111 Å². The molecule has 0 bridgehead atoms. The molecule has 0 aliphatic heterocycles. The summed E-state index contributed by atoms with van der Waals surface area (Å²) in [4.78, 5) is 12.1. The minimum absolute atomic E-state index is 0.160. The summed E-state index contributed by atoms with van der Waals surface area (Å²) in [5, 5.41) is 38.1. The van der Waals surface area contributed by atoms with Crippen molar-refractivity contribution in [2.45, 2.75) is 0 Å². The van der Waals surface area contributed by atoms with Gasteiger partial charge in [0.1, 0.15) is 11.1 Å². The molecule has 4 N–H and O–H groups in total. The normalized spacial score (nSPS) is 10.9. The van der Waals surface area contributed by atoms with Gasteiger partial charge in [0.2, 0.25) is 17.2 Å². The van der Waals surface area contributed by atoms with Crippen LogP contribution in [0.15, 0.2) is 45.6 Å². The van der Waals surface area contributed by atoms with Crippen molar-refractivity contribution in [1.29, 1.82) is 0 Å². The first-order valence-corrected chi connectivity index (χ1v) is 5.99. The van der Waals surface area contributed by atoms with Crippen molar-refractivity contribution in [2.75, 3.05) is 0 Å². The molecule has 0 aliphatic carbocycles. The van der Waals surface area contributed by atoms with Crippen LogP contribution in [0.1, 0.15) is 0 Å². The maximum atomic E-state index is 12.1. The summed E-state index contributed by atoms with van der Waals surface area (Å²) in [6, 6.07) is 9.79. The molecule has 0 aliphatic rings. The highest BCUT2D eigenvalue weighted by Gasteiger charge is 2.22. The van der Waals surface area contributed by atoms with Crippen molar-refractivity contribution in [3.63, 3.8) is 0 Å². The van der Waals surface area contributed by atoms with E-state index in [0.29, 0.717) is 5.56 Å². The van der Waals surface area contributed by atoms with E-state index in [-0.39, 0.29) is 5.76 Å². The number of benzene rings is 2. The van der Waals surface area contributed by atoms with Gasteiger partial charge in [0.15, 0.2) is 16.8 Å². The summed E-state index contributed by atoms with van der Waals surface area (Å²) < 4.78 is 5.40. The zero-order valence-electron chi connectivity index (χ0n) is 10.6. The van der Waals surface area contributed by atoms with E-state index in [1.165, 1.54) is 0 Å². The van der Waals surface area contributed by atoms with E-state index in [2.05, 4.69) is 0 Å². The van der Waals surface area contributed by atoms with Gasteiger partial charge < -0.3 is 24.8 Å². The van der Waals surface area contributed by atoms with E-state index in [1.54, 1.807) is 30.3 Å². The molecule has 3 rings (SSSR count). The Kier molecular flexibility index (Phi) is 2.72. The predicted octanol–water partition coefficient (Wildman–Crippen LogP) is 2.28. The Hall–Kier alpha value is -3.15. The molecule has 0 spiro atoms. The van der Waals surface area contributed by atoms with Gasteiger partial charge in [-0.2, -0.15) is 0 Å². The fraction of sp³-hybridized carbons (Fsp3) is 0. The zero-order valence-corrected chi connectivity index (χ0v) is 10.6. The lowest BCUT2D eigenvalue weighted by molar-refractivity contribution is 0.347. The second-order valence-electron chi connectivity index (χ2n) is 4.44. The first kappa shape index (κ1) is 12.9. The van der Waals surface area contributed by atoms with Crippen molar-refractivity contribution in [3.05, 3.63) is 46.6 Å². The monoisotopic (exact) mass is 286 g/mol. The molecule has 0 fully saturated rings. The Morgan fingerprint density at radius 2 is 1.43 bits per heavy atom. The molecule has 6 nitrogen and oxygen atoms in total. The number of phenols is 4. The van der Waals surface area contributed by atoms with Crippen molar-refractivity contribution < 1.29 is 24.8 Å². The molecule has 2 aromatic carbocycles. The number of fused-ring (bicyclic) bond motifs is 1. The van der Waals surface area contributed by atoms with Gasteiger partial charge in [0.25, 0.3) is 0 Å². The molecule has 21 heavy (non-hydrogen) atoms. The van der Waals surface area contributed by atoms with Crippen LogP contribution < -0.4 is 5.43 Å². The molecule has 1 aromatic heterocycles. The summed E-state index contributed by atoms with van der Waals surface area (Å²) in [6.07, 6.45) is 0. The summed E-state index contributed by atoms with van der Waals surface area (Å²) in [6.45, 7) is 0. The van der Waals surface area contributed by atoms with E-state index in [1.807, 2.05) is 0 Å². The van der Waals surface area contributed by atoms with Crippen molar-refractivity contribution in [1.82, 2.24) is 0 Å². The van der Waals surface area contributed by atoms with Gasteiger partial charge in [-0.05, 0) is 0 Å². The molecular formula is C15H10O6. The maximum absolute atomic E-state index is 12.1. The standard InChI is InChI=1S/C15H10O6/c16-8-6-9(7-4-2-1-3-5-7)21-15-10(8)11(17)12(18)13(19)14(15)20/h1-6,17-20H. The highest BCUT2D eigenvalue weighted by Crippen LogP contribution is 2.47. The molecule has 6 heteroatoms. The van der Waals surface area contributed by atoms with Crippen LogP contribution in [0.4, 0.5) is 0 Å². The fourth-order valence-corrected chi connectivity index (χ4v) is 2.08. The van der Waals surface area contributed by atoms with E-state index >= 15 is 0 Å². The molecule has 0 amide bonds. The third-order valence-corrected chi connectivity index (χ3v) is 3.13. The van der Waals surface area contributed by atoms with Crippen LogP contribution in [0, 0.1) is 0 Å². The van der Waals surface area contributed by atoms with Crippen molar-refractivity contribution in [2.24, 2.45) is 0 Å². The number of hydrogen-bond donors (Lipinski definition) is 4. The Morgan fingerprint density at radius 1 is 0.810 bits per heavy atom. The second-order valence-corrected chi connectivity index (χ2v) is 4.44. The number of aromatic hydroxyl groups is 4. The van der Waals surface area contributed by atoms with Gasteiger partial charge in [-0.25, -0.2) is 0 Å². The van der Waals surface area contributed by atoms with Gasteiger partial charge in [-0.3, -0.25) is 4.79 Å². The van der Waals surface area contributed by atoms with Crippen LogP contribution in [-0.2, 0) is 0 Å². The molecule has 106 valence electrons. The molecule has 0 saturated heterocycles. The molecule has 0 radical (unpaired) electrons. The van der Waals surface area contributed by atoms with Gasteiger partial charge in [-0.1, -0.05) is 30.3 Å². The highest BCUT2D eigenvalue weighted by atomic mass is 16.4. The lowest BCUT2D eigenvalue weighted by atomic mass is 10.1. The lowest BCUT2D eigenvalue weighted by Gasteiger charge is -2.09. The average Bonchev–Trinajstić information content (AvgIpc) is 2.51. The Labute approximate surface area is 117 Å². The number of phenolic OH excluding ortho intramolecular Hbond substituents is 4. The Balaban J connectivity index is 2.43. The molecule has 1 heterocycles. The predicted molar refractivity (Wildman–Crippen MR) is 74.6 cm³/mol. The van der Waals surface area contributed by atoms with E-state index in [0.717, 1.165) is 6.07 Å². The first-order valence-electron chi connectivity index (χ1n) is 5.99. The van der Waals surface area contributed by atoms with Crippen molar-refractivity contribution >= 4 is 11.0 Å². The number of rotatable bonds is 1. The van der Waals surface area contributed by atoms with Gasteiger partial charge in [0, 0.05) is 11.6 Å². The minimum Gasteiger partial charge on any atom is -0.504 e. The Bertz CT molecular complexity index is 896. The van der Waals surface area contributed by atoms with Gasteiger partial charge in [0.05, 0.1) is 0 Å². The molecule has 3 aromatic rings. The molecule has 0 saturated carbocycles. The third-order valence-electron chi connectivity index (χ3n) is 3.13. The SMILES string of the molecule is O=c1cc(-c2ccccc2)oc2c(O)c(O)c(O)c(O)c12. The van der Waals surface area contributed by atoms with Crippen LogP contribution in [0.2, 0.25) is 0 Å². The second kappa shape index (κ2) is 4.45. The third kappa shape index (κ3) is 1.85. The summed E-state index contributed by atoms with van der Waals surface area (Å²) in [7, 11) is 0. The summed E-state index contributed by atoms with van der Waals surface area (Å²) in [5.74, 6) is -3.41. The number of hydrogen-bond acceptors (Lipinski definition) is 6. The molecule has 0 atom stereocenters. The lowest BCUT2D eigenvalue weighted by Crippen LogP contribution is -2.01. The van der Waals surface area contributed by atoms with Gasteiger partial charge in [-0.15, -0.1) is 0 Å². The summed E-state index contributed by atoms with van der Waals surface area (Å²) >= 11 is 0. The summed E-state index contributed by atoms with van der Waals surface area (Å²) in [5.41, 5.74) is -0.463. The van der Waals surface area contributed by atoms with E-state index in [4.69, 9.17) is 4.42 Å².